The smallest absolute Gasteiger partial charge is 0.186 e. The Morgan fingerprint density at radius 1 is 1.37 bits per heavy atom. The summed E-state index contributed by atoms with van der Waals surface area (Å²) in [6.07, 6.45) is 0.993. The molecule has 0 radical (unpaired) electrons. The van der Waals surface area contributed by atoms with Crippen LogP contribution >= 0.6 is 11.3 Å². The lowest BCUT2D eigenvalue weighted by Gasteiger charge is -2.24. The molecule has 0 unspecified atom stereocenters. The molecule has 1 aromatic heterocycles. The van der Waals surface area contributed by atoms with Gasteiger partial charge in [-0.2, -0.15) is 0 Å². The van der Waals surface area contributed by atoms with Gasteiger partial charge in [0.15, 0.2) is 5.13 Å². The summed E-state index contributed by atoms with van der Waals surface area (Å²) >= 11 is 1.81. The van der Waals surface area contributed by atoms with Gasteiger partial charge in [-0.15, -0.1) is 11.3 Å². The molecule has 1 rings (SSSR count). The van der Waals surface area contributed by atoms with Crippen LogP contribution in [0.3, 0.4) is 0 Å². The number of anilines is 1. The van der Waals surface area contributed by atoms with Gasteiger partial charge in [0.2, 0.25) is 0 Å². The number of nitrogens with zero attached hydrogens (tertiary/aromatic N) is 2. The Hall–Kier alpha value is -0.650. The van der Waals surface area contributed by atoms with Crippen LogP contribution in [-0.2, 0) is 17.7 Å². The molecule has 0 bridgehead atoms. The first-order chi connectivity index (χ1) is 9.13. The molecule has 5 heteroatoms. The van der Waals surface area contributed by atoms with E-state index >= 15 is 0 Å². The van der Waals surface area contributed by atoms with Gasteiger partial charge >= 0.3 is 0 Å². The highest BCUT2D eigenvalue weighted by molar-refractivity contribution is 7.15. The van der Waals surface area contributed by atoms with Crippen molar-refractivity contribution in [2.75, 3.05) is 31.7 Å². The van der Waals surface area contributed by atoms with Gasteiger partial charge in [0, 0.05) is 37.7 Å². The maximum Gasteiger partial charge on any atom is 0.186 e. The lowest BCUT2D eigenvalue weighted by Crippen LogP contribution is -2.30. The van der Waals surface area contributed by atoms with Crippen molar-refractivity contribution >= 4 is 16.5 Å². The molecule has 0 aromatic carbocycles. The highest BCUT2D eigenvalue weighted by Gasteiger charge is 2.16. The van der Waals surface area contributed by atoms with Crippen LogP contribution in [0, 0.1) is 0 Å². The van der Waals surface area contributed by atoms with Crippen LogP contribution in [0.5, 0.6) is 0 Å². The van der Waals surface area contributed by atoms with Crippen LogP contribution in [0.1, 0.15) is 38.3 Å². The predicted molar refractivity (Wildman–Crippen MR) is 83.2 cm³/mol. The molecule has 4 nitrogen and oxygen atoms in total. The van der Waals surface area contributed by atoms with Gasteiger partial charge in [0.05, 0.1) is 12.3 Å². The molecule has 0 aliphatic rings. The molecule has 19 heavy (non-hydrogen) atoms. The maximum absolute atomic E-state index is 5.05. The van der Waals surface area contributed by atoms with Crippen molar-refractivity contribution in [3.63, 3.8) is 0 Å². The second-order valence-corrected chi connectivity index (χ2v) is 5.83. The number of aryl methyl sites for hydroxylation is 1. The monoisotopic (exact) mass is 285 g/mol. The fourth-order valence-corrected chi connectivity index (χ4v) is 3.32. The van der Waals surface area contributed by atoms with E-state index in [4.69, 9.17) is 9.72 Å². The Morgan fingerprint density at radius 2 is 2.11 bits per heavy atom. The third-order valence-corrected chi connectivity index (χ3v) is 4.21. The Kier molecular flexibility index (Phi) is 7.34. The minimum absolute atomic E-state index is 0.496. The van der Waals surface area contributed by atoms with Crippen molar-refractivity contribution in [3.8, 4) is 0 Å². The second kappa shape index (κ2) is 8.51. The fraction of sp³-hybridized carbons (Fsp3) is 0.786. The number of hydrogen-bond donors (Lipinski definition) is 1. The minimum atomic E-state index is 0.496. The average Bonchev–Trinajstić information content (AvgIpc) is 2.78. The molecule has 0 aliphatic carbocycles. The van der Waals surface area contributed by atoms with E-state index in [0.717, 1.165) is 37.8 Å². The number of aromatic nitrogens is 1. The number of methoxy groups -OCH3 is 1. The molecule has 0 fully saturated rings. The van der Waals surface area contributed by atoms with E-state index < -0.39 is 0 Å². The van der Waals surface area contributed by atoms with Crippen LogP contribution in [0.15, 0.2) is 0 Å². The number of rotatable bonds is 9. The second-order valence-electron chi connectivity index (χ2n) is 4.77. The quantitative estimate of drug-likeness (QED) is 0.708. The van der Waals surface area contributed by atoms with Crippen molar-refractivity contribution < 1.29 is 4.74 Å². The molecule has 110 valence electrons. The van der Waals surface area contributed by atoms with E-state index in [-0.39, 0.29) is 0 Å². The van der Waals surface area contributed by atoms with E-state index in [0.29, 0.717) is 6.04 Å². The normalized spacial score (nSPS) is 11.3. The Morgan fingerprint density at radius 3 is 2.63 bits per heavy atom. The standard InChI is InChI=1S/C14H27N3OS/c1-6-12-13(10-15-8-9-18-5)19-14(16-12)17(7-2)11(3)4/h11,15H,6-10H2,1-5H3. The molecule has 0 saturated carbocycles. The summed E-state index contributed by atoms with van der Waals surface area (Å²) in [6.45, 7) is 12.3. The van der Waals surface area contributed by atoms with E-state index in [9.17, 15) is 0 Å². The van der Waals surface area contributed by atoms with Crippen molar-refractivity contribution in [2.24, 2.45) is 0 Å². The first-order valence-electron chi connectivity index (χ1n) is 7.08. The SMILES string of the molecule is CCc1nc(N(CC)C(C)C)sc1CNCCOC. The summed E-state index contributed by atoms with van der Waals surface area (Å²) in [4.78, 5) is 8.50. The summed E-state index contributed by atoms with van der Waals surface area (Å²) in [5, 5.41) is 4.55. The van der Waals surface area contributed by atoms with Crippen LogP contribution < -0.4 is 10.2 Å². The highest BCUT2D eigenvalue weighted by Crippen LogP contribution is 2.28. The molecule has 0 spiro atoms. The van der Waals surface area contributed by atoms with Gasteiger partial charge in [-0.1, -0.05) is 6.92 Å². The zero-order valence-electron chi connectivity index (χ0n) is 12.8. The predicted octanol–water partition coefficient (Wildman–Crippen LogP) is 2.68. The van der Waals surface area contributed by atoms with Crippen molar-refractivity contribution in [3.05, 3.63) is 10.6 Å². The van der Waals surface area contributed by atoms with Gasteiger partial charge in [-0.3, -0.25) is 0 Å². The zero-order chi connectivity index (χ0) is 14.3. The van der Waals surface area contributed by atoms with Crippen LogP contribution in [0.25, 0.3) is 0 Å². The Bertz CT molecular complexity index is 366. The van der Waals surface area contributed by atoms with Crippen molar-refractivity contribution in [1.29, 1.82) is 0 Å². The van der Waals surface area contributed by atoms with Crippen LogP contribution in [-0.4, -0.2) is 37.8 Å². The number of nitrogens with one attached hydrogen (secondary N) is 1. The van der Waals surface area contributed by atoms with Crippen molar-refractivity contribution in [2.45, 2.75) is 46.7 Å². The van der Waals surface area contributed by atoms with E-state index in [1.807, 2.05) is 11.3 Å². The van der Waals surface area contributed by atoms with E-state index in [1.165, 1.54) is 10.6 Å². The topological polar surface area (TPSA) is 37.4 Å². The molecule has 0 aliphatic heterocycles. The molecule has 0 amide bonds. The minimum Gasteiger partial charge on any atom is -0.383 e. The Labute approximate surface area is 121 Å². The molecule has 0 saturated heterocycles. The molecular weight excluding hydrogens is 258 g/mol. The molecule has 1 aromatic rings. The summed E-state index contributed by atoms with van der Waals surface area (Å²) in [6, 6.07) is 0.496. The fourth-order valence-electron chi connectivity index (χ4n) is 2.00. The van der Waals surface area contributed by atoms with Crippen LogP contribution in [0.2, 0.25) is 0 Å². The number of thiazole rings is 1. The average molecular weight is 285 g/mol. The summed E-state index contributed by atoms with van der Waals surface area (Å²) in [5.74, 6) is 0. The van der Waals surface area contributed by atoms with E-state index in [1.54, 1.807) is 7.11 Å². The lowest BCUT2D eigenvalue weighted by molar-refractivity contribution is 0.199. The highest BCUT2D eigenvalue weighted by atomic mass is 32.1. The van der Waals surface area contributed by atoms with Gasteiger partial charge in [0.1, 0.15) is 0 Å². The third kappa shape index (κ3) is 4.75. The number of hydrogen-bond acceptors (Lipinski definition) is 5. The lowest BCUT2D eigenvalue weighted by atomic mass is 10.3. The maximum atomic E-state index is 5.05. The van der Waals surface area contributed by atoms with E-state index in [2.05, 4.69) is 37.9 Å². The molecule has 1 heterocycles. The summed E-state index contributed by atoms with van der Waals surface area (Å²) in [5.41, 5.74) is 1.23. The Balaban J connectivity index is 2.73. The molecule has 0 atom stereocenters. The van der Waals surface area contributed by atoms with Gasteiger partial charge in [-0.25, -0.2) is 4.98 Å². The van der Waals surface area contributed by atoms with Gasteiger partial charge < -0.3 is 15.0 Å². The summed E-state index contributed by atoms with van der Waals surface area (Å²) < 4.78 is 5.05. The summed E-state index contributed by atoms with van der Waals surface area (Å²) in [7, 11) is 1.73. The largest absolute Gasteiger partial charge is 0.383 e. The molecule has 1 N–H and O–H groups in total. The first kappa shape index (κ1) is 16.4. The van der Waals surface area contributed by atoms with Gasteiger partial charge in [-0.05, 0) is 27.2 Å². The van der Waals surface area contributed by atoms with Gasteiger partial charge in [0.25, 0.3) is 0 Å². The third-order valence-electron chi connectivity index (χ3n) is 3.08. The first-order valence-corrected chi connectivity index (χ1v) is 7.90. The number of ether oxygens (including phenoxy) is 1. The van der Waals surface area contributed by atoms with Crippen LogP contribution in [0.4, 0.5) is 5.13 Å². The van der Waals surface area contributed by atoms with Crippen molar-refractivity contribution in [1.82, 2.24) is 10.3 Å². The molecular formula is C14H27N3OS. The zero-order valence-corrected chi connectivity index (χ0v) is 13.6.